The highest BCUT2D eigenvalue weighted by molar-refractivity contribution is 5.85. The predicted molar refractivity (Wildman–Crippen MR) is 336 cm³/mol. The molecule has 9 rings (SSSR count). The first-order valence-electron chi connectivity index (χ1n) is 30.1. The molecule has 4 N–H and O–H groups in total. The summed E-state index contributed by atoms with van der Waals surface area (Å²) < 4.78 is 28.0. The zero-order valence-electron chi connectivity index (χ0n) is 52.0. The fourth-order valence-electron chi connectivity index (χ4n) is 10.9. The Morgan fingerprint density at radius 2 is 0.506 bits per heavy atom. The molecule has 0 unspecified atom stereocenters. The lowest BCUT2D eigenvalue weighted by Crippen LogP contribution is -3.00. The number of hydrogen-bond donors (Lipinski definition) is 4. The largest absolute Gasteiger partial charge is 1.00 e. The van der Waals surface area contributed by atoms with Crippen LogP contribution < -0.4 is 77.6 Å². The Bertz CT molecular complexity index is 3580. The topological polar surface area (TPSA) is 100 Å². The zero-order valence-corrected chi connectivity index (χ0v) is 54.3. The number of benzene rings is 4. The second-order valence-corrected chi connectivity index (χ2v) is 25.4. The van der Waals surface area contributed by atoms with Crippen molar-refractivity contribution in [3.63, 3.8) is 0 Å². The Morgan fingerprint density at radius 3 is 0.753 bits per heavy atom. The molecule has 0 saturated carbocycles. The second-order valence-electron chi connectivity index (χ2n) is 25.4. The van der Waals surface area contributed by atoms with Gasteiger partial charge in [0.2, 0.25) is 0 Å². The van der Waals surface area contributed by atoms with Gasteiger partial charge in [-0.3, -0.25) is 0 Å². The minimum atomic E-state index is 0. The molecule has 4 aromatic carbocycles. The van der Waals surface area contributed by atoms with Gasteiger partial charge in [0.15, 0.2) is 0 Å². The molecular formula is C71H92Cl3N7O4. The number of nitrogens with one attached hydrogen (secondary N) is 4. The van der Waals surface area contributed by atoms with Crippen molar-refractivity contribution >= 4 is 22.3 Å². The van der Waals surface area contributed by atoms with Gasteiger partial charge in [-0.25, -0.2) is 0 Å². The van der Waals surface area contributed by atoms with E-state index in [-0.39, 0.29) is 37.2 Å². The fourth-order valence-corrected chi connectivity index (χ4v) is 10.9. The van der Waals surface area contributed by atoms with Gasteiger partial charge in [0, 0.05) is 85.7 Å². The molecule has 0 atom stereocenters. The average molecular weight is 1210 g/mol. The Hall–Kier alpha value is -6.57. The van der Waals surface area contributed by atoms with E-state index in [2.05, 4.69) is 236 Å². The molecule has 0 amide bonds. The van der Waals surface area contributed by atoms with E-state index in [1.54, 1.807) is 0 Å². The van der Waals surface area contributed by atoms with E-state index in [0.717, 1.165) is 170 Å². The summed E-state index contributed by atoms with van der Waals surface area (Å²) in [6, 6.07) is 52.0. The quantitative estimate of drug-likeness (QED) is 0.0446. The van der Waals surface area contributed by atoms with Gasteiger partial charge >= 0.3 is 0 Å². The van der Waals surface area contributed by atoms with Gasteiger partial charge in [-0.2, -0.15) is 0 Å². The molecule has 8 bridgehead atoms. The van der Waals surface area contributed by atoms with Gasteiger partial charge in [-0.1, -0.05) is 94.0 Å². The normalized spacial score (nSPS) is 12.5. The lowest BCUT2D eigenvalue weighted by molar-refractivity contribution is -0.870. The molecule has 0 saturated heterocycles. The summed E-state index contributed by atoms with van der Waals surface area (Å²) in [5.41, 5.74) is 12.3. The number of aromatic amines is 4. The number of halogens is 3. The van der Waals surface area contributed by atoms with Crippen LogP contribution in [-0.2, 0) is 0 Å². The minimum Gasteiger partial charge on any atom is -1.00 e. The summed E-state index contributed by atoms with van der Waals surface area (Å²) in [4.78, 5) is 15.9. The highest BCUT2D eigenvalue weighted by atomic mass is 35.5. The van der Waals surface area contributed by atoms with Crippen LogP contribution in [-0.4, -0.2) is 143 Å². The number of H-pyrrole nitrogens is 4. The highest BCUT2D eigenvalue weighted by Crippen LogP contribution is 2.31. The molecule has 456 valence electrons. The Kier molecular flexibility index (Phi) is 24.8. The number of quaternary nitrogens is 3. The number of unbranched alkanes of at least 4 members (excludes halogenated alkanes) is 6. The molecule has 0 spiro atoms. The summed E-state index contributed by atoms with van der Waals surface area (Å²) in [6.45, 7) is 8.10. The van der Waals surface area contributed by atoms with Crippen LogP contribution in [0.5, 0.6) is 23.0 Å². The van der Waals surface area contributed by atoms with Gasteiger partial charge in [0.25, 0.3) is 0 Å². The average Bonchev–Trinajstić information content (AvgIpc) is 3.85. The fraction of sp³-hybridized carbons (Fsp3) is 0.380. The third kappa shape index (κ3) is 19.2. The van der Waals surface area contributed by atoms with Crippen molar-refractivity contribution in [3.05, 3.63) is 212 Å². The number of nitrogens with zero attached hydrogens (tertiary/aromatic N) is 3. The van der Waals surface area contributed by atoms with Gasteiger partial charge in [-0.05, 0) is 126 Å². The molecule has 8 aromatic rings. The zero-order chi connectivity index (χ0) is 57.7. The van der Waals surface area contributed by atoms with Crippen LogP contribution in [0.25, 0.3) is 22.3 Å². The van der Waals surface area contributed by atoms with E-state index in [9.17, 15) is 0 Å². The van der Waals surface area contributed by atoms with Crippen molar-refractivity contribution in [1.29, 1.82) is 0 Å². The van der Waals surface area contributed by atoms with Gasteiger partial charge in [0.1, 0.15) is 23.0 Å². The SMILES string of the molecule is CCCCCCCCCOc1ccc(C2=c3ccc([nH]3)=C(c3ccc(OCCC[N+](C)(C)C)cc3)c3ccc([nH]3)C(c3ccc(OCCC[N+](C)(C)C)cc3)=c3ccc([nH]3)=C(c3ccc(OCCC[N+](C)(C)C)cc3)c3ccc2[nH]3)cc1.[Cl-].[Cl-].[Cl-]. The number of ether oxygens (including phenoxy) is 4. The molecule has 1 aliphatic heterocycles. The Morgan fingerprint density at radius 1 is 0.271 bits per heavy atom. The number of hydrogen-bond acceptors (Lipinski definition) is 4. The van der Waals surface area contributed by atoms with Gasteiger partial charge in [0.05, 0.1) is 109 Å². The lowest BCUT2D eigenvalue weighted by atomic mass is 10.0. The van der Waals surface area contributed by atoms with Crippen LogP contribution in [0.3, 0.4) is 0 Å². The second kappa shape index (κ2) is 31.2. The molecule has 14 heteroatoms. The minimum absolute atomic E-state index is 0. The number of rotatable bonds is 28. The van der Waals surface area contributed by atoms with E-state index >= 15 is 0 Å². The predicted octanol–water partition coefficient (Wildman–Crippen LogP) is 1.87. The lowest BCUT2D eigenvalue weighted by Gasteiger charge is -2.23. The van der Waals surface area contributed by atoms with Crippen molar-refractivity contribution < 1.29 is 69.6 Å². The summed E-state index contributed by atoms with van der Waals surface area (Å²) in [7, 11) is 20.0. The molecule has 11 nitrogen and oxygen atoms in total. The molecule has 0 fully saturated rings. The molecule has 1 aliphatic rings. The van der Waals surface area contributed by atoms with Gasteiger partial charge < -0.3 is 89.6 Å². The van der Waals surface area contributed by atoms with Crippen molar-refractivity contribution in [2.45, 2.75) is 71.1 Å². The first-order valence-corrected chi connectivity index (χ1v) is 30.1. The maximum Gasteiger partial charge on any atom is 0.119 e. The highest BCUT2D eigenvalue weighted by Gasteiger charge is 2.20. The maximum atomic E-state index is 6.35. The molecule has 0 aliphatic carbocycles. The van der Waals surface area contributed by atoms with Crippen LogP contribution in [0.15, 0.2) is 146 Å². The third-order valence-electron chi connectivity index (χ3n) is 15.2. The summed E-state index contributed by atoms with van der Waals surface area (Å²) in [6.07, 6.45) is 11.7. The molecular weight excluding hydrogens is 1120 g/mol. The van der Waals surface area contributed by atoms with Crippen LogP contribution >= 0.6 is 0 Å². The van der Waals surface area contributed by atoms with Crippen LogP contribution in [0.1, 0.15) is 116 Å². The van der Waals surface area contributed by atoms with Crippen molar-refractivity contribution in [2.75, 3.05) is 109 Å². The van der Waals surface area contributed by atoms with Gasteiger partial charge in [-0.15, -0.1) is 0 Å². The Labute approximate surface area is 524 Å². The van der Waals surface area contributed by atoms with E-state index in [1.807, 2.05) is 0 Å². The molecule has 5 heterocycles. The first kappa shape index (κ1) is 67.6. The summed E-state index contributed by atoms with van der Waals surface area (Å²) in [5.74, 6) is 3.45. The van der Waals surface area contributed by atoms with E-state index < -0.39 is 0 Å². The summed E-state index contributed by atoms with van der Waals surface area (Å²) >= 11 is 0. The van der Waals surface area contributed by atoms with E-state index in [1.165, 1.54) is 38.5 Å². The van der Waals surface area contributed by atoms with Crippen molar-refractivity contribution in [1.82, 2.24) is 19.9 Å². The van der Waals surface area contributed by atoms with E-state index in [0.29, 0.717) is 26.4 Å². The van der Waals surface area contributed by atoms with E-state index in [4.69, 9.17) is 18.9 Å². The number of aromatic nitrogens is 4. The maximum absolute atomic E-state index is 6.35. The molecule has 0 radical (unpaired) electrons. The standard InChI is InChI=1S/C71H92N7O4.3ClH/c1-11-12-13-14-15-16-17-48-79-56-29-21-52(22-30-56)68-60-37-39-62(72-60)69(53-23-31-57(32-24-53)80-49-18-45-76(2,3)4)64-41-43-66(74-64)71(55-27-35-59(36-28-55)82-51-20-47-78(8,9)10)67-44-42-65(75-67)70(63-40-38-61(68)73-63)54-25-33-58(34-26-54)81-50-19-46-77(5,6)7;;;/h21-44,72-75H,11-20,45-51H2,1-10H3;3*1H/q+3;;;/p-3. The first-order chi connectivity index (χ1) is 39.5. The molecule has 4 aromatic heterocycles. The summed E-state index contributed by atoms with van der Waals surface area (Å²) in [5, 5.41) is 3.92. The smallest absolute Gasteiger partial charge is 0.119 e. The van der Waals surface area contributed by atoms with Crippen LogP contribution in [0.2, 0.25) is 0 Å². The molecule has 85 heavy (non-hydrogen) atoms. The third-order valence-corrected chi connectivity index (χ3v) is 15.2. The van der Waals surface area contributed by atoms with Crippen molar-refractivity contribution in [2.24, 2.45) is 0 Å². The van der Waals surface area contributed by atoms with Crippen molar-refractivity contribution in [3.8, 4) is 23.0 Å². The monoisotopic (exact) mass is 1210 g/mol. The Balaban J connectivity index is 0.00000386. The van der Waals surface area contributed by atoms with Crippen LogP contribution in [0, 0.1) is 0 Å². The number of fused-ring (bicyclic) bond motifs is 8. The van der Waals surface area contributed by atoms with Crippen LogP contribution in [0.4, 0.5) is 0 Å².